The highest BCUT2D eigenvalue weighted by Crippen LogP contribution is 2.36. The highest BCUT2D eigenvalue weighted by Gasteiger charge is 2.50. The van der Waals surface area contributed by atoms with E-state index < -0.39 is 18.1 Å². The van der Waals surface area contributed by atoms with Gasteiger partial charge in [0.2, 0.25) is 5.91 Å². The van der Waals surface area contributed by atoms with Gasteiger partial charge >= 0.3 is 0 Å². The van der Waals surface area contributed by atoms with Crippen molar-refractivity contribution in [2.75, 3.05) is 26.3 Å². The first-order valence-electron chi connectivity index (χ1n) is 15.5. The van der Waals surface area contributed by atoms with Gasteiger partial charge in [0.1, 0.15) is 6.04 Å². The number of likely N-dealkylation sites (tertiary alicyclic amines) is 1. The zero-order valence-corrected chi connectivity index (χ0v) is 25.4. The van der Waals surface area contributed by atoms with Crippen LogP contribution in [0, 0.1) is 11.8 Å². The Morgan fingerprint density at radius 1 is 0.976 bits per heavy atom. The van der Waals surface area contributed by atoms with E-state index in [9.17, 15) is 14.4 Å². The molecule has 3 amide bonds. The molecule has 0 N–H and O–H groups in total. The van der Waals surface area contributed by atoms with Gasteiger partial charge in [-0.2, -0.15) is 5.06 Å². The Balaban J connectivity index is 1.45. The van der Waals surface area contributed by atoms with Crippen LogP contribution < -0.4 is 0 Å². The van der Waals surface area contributed by atoms with Gasteiger partial charge in [0.05, 0.1) is 11.9 Å². The Hall–Kier alpha value is -3.08. The van der Waals surface area contributed by atoms with Gasteiger partial charge in [-0.05, 0) is 68.6 Å². The lowest BCUT2D eigenvalue weighted by Crippen LogP contribution is -2.65. The number of aromatic nitrogens is 1. The number of hydrogen-bond donors (Lipinski definition) is 0. The van der Waals surface area contributed by atoms with Crippen LogP contribution in [0.5, 0.6) is 0 Å². The lowest BCUT2D eigenvalue weighted by Gasteiger charge is -2.50. The van der Waals surface area contributed by atoms with Crippen LogP contribution in [-0.4, -0.2) is 93.0 Å². The average molecular weight is 580 g/mol. The number of carbonyl (C=O) groups is 3. The summed E-state index contributed by atoms with van der Waals surface area (Å²) >= 11 is 0. The predicted molar refractivity (Wildman–Crippen MR) is 158 cm³/mol. The summed E-state index contributed by atoms with van der Waals surface area (Å²) in [6.45, 7) is 11.5. The van der Waals surface area contributed by atoms with Crippen molar-refractivity contribution in [1.29, 1.82) is 0 Å². The molecular formula is C32H45N5O5. The van der Waals surface area contributed by atoms with Gasteiger partial charge in [0, 0.05) is 50.7 Å². The Morgan fingerprint density at radius 3 is 2.33 bits per heavy atom. The summed E-state index contributed by atoms with van der Waals surface area (Å²) in [6, 6.07) is 5.30. The van der Waals surface area contributed by atoms with E-state index in [0.717, 1.165) is 52.0 Å². The Bertz CT molecular complexity index is 1170. The molecule has 4 aliphatic heterocycles. The molecule has 5 heterocycles. The molecule has 0 radical (unpaired) electrons. The van der Waals surface area contributed by atoms with E-state index in [-0.39, 0.29) is 29.7 Å². The van der Waals surface area contributed by atoms with Crippen molar-refractivity contribution < 1.29 is 24.0 Å². The van der Waals surface area contributed by atoms with E-state index in [0.29, 0.717) is 30.4 Å². The van der Waals surface area contributed by atoms with Crippen molar-refractivity contribution in [3.8, 4) is 0 Å². The maximum atomic E-state index is 14.2. The lowest BCUT2D eigenvalue weighted by molar-refractivity contribution is -0.226. The first-order chi connectivity index (χ1) is 20.2. The molecule has 5 rings (SSSR count). The van der Waals surface area contributed by atoms with E-state index in [4.69, 9.17) is 9.57 Å². The minimum Gasteiger partial charge on any atom is -0.381 e. The highest BCUT2D eigenvalue weighted by molar-refractivity contribution is 5.97. The van der Waals surface area contributed by atoms with E-state index in [1.54, 1.807) is 28.3 Å². The quantitative estimate of drug-likeness (QED) is 0.432. The molecule has 10 nitrogen and oxygen atoms in total. The summed E-state index contributed by atoms with van der Waals surface area (Å²) in [5.41, 5.74) is 0.637. The van der Waals surface area contributed by atoms with E-state index in [2.05, 4.69) is 23.7 Å². The third-order valence-corrected chi connectivity index (χ3v) is 8.57. The maximum Gasteiger partial charge on any atom is 0.276 e. The number of hydrogen-bond acceptors (Lipinski definition) is 7. The van der Waals surface area contributed by atoms with Gasteiger partial charge in [0.25, 0.3) is 11.8 Å². The molecule has 1 aromatic heterocycles. The van der Waals surface area contributed by atoms with Crippen LogP contribution >= 0.6 is 0 Å². The Labute approximate surface area is 249 Å². The summed E-state index contributed by atoms with van der Waals surface area (Å²) in [7, 11) is 0. The number of rotatable bonds is 8. The number of fused-ring (bicyclic) bond motifs is 1. The molecular weight excluding hydrogens is 534 g/mol. The van der Waals surface area contributed by atoms with Crippen molar-refractivity contribution in [1.82, 2.24) is 24.7 Å². The fourth-order valence-electron chi connectivity index (χ4n) is 6.44. The molecule has 10 heteroatoms. The number of piperidine rings is 1. The molecule has 4 aliphatic rings. The normalized spacial score (nSPS) is 25.1. The average Bonchev–Trinajstić information content (AvgIpc) is 2.99. The fraction of sp³-hybridized carbons (Fsp3) is 0.625. The highest BCUT2D eigenvalue weighted by atomic mass is 16.7. The topological polar surface area (TPSA) is 95.5 Å². The second-order valence-corrected chi connectivity index (χ2v) is 12.6. The zero-order valence-electron chi connectivity index (χ0n) is 25.4. The molecule has 3 fully saturated rings. The van der Waals surface area contributed by atoms with Gasteiger partial charge in [-0.15, -0.1) is 0 Å². The summed E-state index contributed by atoms with van der Waals surface area (Å²) in [5, 5.41) is 1.22. The lowest BCUT2D eigenvalue weighted by atomic mass is 9.94. The molecule has 2 atom stereocenters. The molecule has 0 saturated carbocycles. The molecule has 1 aromatic rings. The van der Waals surface area contributed by atoms with Crippen LogP contribution in [0.15, 0.2) is 42.5 Å². The second kappa shape index (κ2) is 13.5. The third-order valence-electron chi connectivity index (χ3n) is 8.57. The number of amides is 3. The maximum absolute atomic E-state index is 14.2. The molecule has 0 aliphatic carbocycles. The SMILES string of the molecule is CC(C)C[C@H]1ON(C(=O)/C=C/c2ccccn2)C2=CN(C3CCN(C4CCOCC4)CC3)C(=O)[C@H](CC(C)C)N2C1=O. The minimum atomic E-state index is -0.855. The predicted octanol–water partition coefficient (Wildman–Crippen LogP) is 3.81. The molecule has 228 valence electrons. The van der Waals surface area contributed by atoms with E-state index >= 15 is 0 Å². The van der Waals surface area contributed by atoms with Crippen molar-refractivity contribution in [2.45, 2.75) is 90.4 Å². The number of nitrogens with zero attached hydrogens (tertiary/aromatic N) is 5. The van der Waals surface area contributed by atoms with Crippen LogP contribution in [0.1, 0.15) is 71.9 Å². The molecule has 3 saturated heterocycles. The second-order valence-electron chi connectivity index (χ2n) is 12.6. The van der Waals surface area contributed by atoms with Crippen LogP contribution in [-0.2, 0) is 24.0 Å². The van der Waals surface area contributed by atoms with Crippen LogP contribution in [0.25, 0.3) is 6.08 Å². The van der Waals surface area contributed by atoms with Gasteiger partial charge < -0.3 is 14.5 Å². The summed E-state index contributed by atoms with van der Waals surface area (Å²) in [5.74, 6) is -0.125. The van der Waals surface area contributed by atoms with Gasteiger partial charge in [0.15, 0.2) is 11.9 Å². The van der Waals surface area contributed by atoms with Crippen LogP contribution in [0.4, 0.5) is 0 Å². The van der Waals surface area contributed by atoms with Crippen molar-refractivity contribution in [2.24, 2.45) is 11.8 Å². The van der Waals surface area contributed by atoms with Gasteiger partial charge in [-0.1, -0.05) is 33.8 Å². The van der Waals surface area contributed by atoms with E-state index in [1.165, 1.54) is 11.1 Å². The molecule has 0 unspecified atom stereocenters. The third kappa shape index (κ3) is 6.76. The fourth-order valence-corrected chi connectivity index (χ4v) is 6.44. The van der Waals surface area contributed by atoms with Crippen molar-refractivity contribution in [3.63, 3.8) is 0 Å². The molecule has 42 heavy (non-hydrogen) atoms. The van der Waals surface area contributed by atoms with Gasteiger partial charge in [-0.25, -0.2) is 0 Å². The number of hydroxylamine groups is 2. The standard InChI is InChI=1S/C32H45N5O5/c1-22(2)19-27-31(39)35(26-10-15-34(16-11-26)25-12-17-41-18-13-25)21-29-36(27)32(40)28(20-23(3)4)42-37(29)30(38)9-8-24-7-5-6-14-33-24/h5-9,14,21-23,25-28H,10-13,15-20H2,1-4H3/b9-8+/t27-,28+/m0/s1. The first-order valence-corrected chi connectivity index (χ1v) is 15.5. The molecule has 0 aromatic carbocycles. The van der Waals surface area contributed by atoms with Crippen molar-refractivity contribution >= 4 is 23.8 Å². The summed E-state index contributed by atoms with van der Waals surface area (Å²) in [6.07, 6.45) is 10.2. The Kier molecular flexibility index (Phi) is 9.75. The monoisotopic (exact) mass is 579 g/mol. The van der Waals surface area contributed by atoms with Gasteiger partial charge in [-0.3, -0.25) is 29.1 Å². The summed E-state index contributed by atoms with van der Waals surface area (Å²) in [4.78, 5) is 58.0. The van der Waals surface area contributed by atoms with Crippen LogP contribution in [0.2, 0.25) is 0 Å². The smallest absolute Gasteiger partial charge is 0.276 e. The van der Waals surface area contributed by atoms with Crippen LogP contribution in [0.3, 0.4) is 0 Å². The van der Waals surface area contributed by atoms with Crippen molar-refractivity contribution in [3.05, 3.63) is 48.2 Å². The first kappa shape index (κ1) is 30.4. The molecule has 0 bridgehead atoms. The zero-order chi connectivity index (χ0) is 29.8. The molecule has 0 spiro atoms. The number of ether oxygens (including phenoxy) is 1. The largest absolute Gasteiger partial charge is 0.381 e. The van der Waals surface area contributed by atoms with E-state index in [1.807, 2.05) is 32.0 Å². The summed E-state index contributed by atoms with van der Waals surface area (Å²) < 4.78 is 5.55. The number of pyridine rings is 1. The number of carbonyl (C=O) groups excluding carboxylic acids is 3. The Morgan fingerprint density at radius 2 is 1.69 bits per heavy atom. The minimum absolute atomic E-state index is 0.0117.